The molecule has 0 unspecified atom stereocenters. The zero-order chi connectivity index (χ0) is 21.8. The average molecular weight is 428 g/mol. The van der Waals surface area contributed by atoms with E-state index in [0.717, 1.165) is 35.8 Å². The zero-order valence-electron chi connectivity index (χ0n) is 16.8. The second-order valence-electron chi connectivity index (χ2n) is 7.73. The largest absolute Gasteiger partial charge is 0.383 e. The number of carbonyl (C=O) groups is 1. The van der Waals surface area contributed by atoms with Crippen LogP contribution in [0.5, 0.6) is 5.75 Å². The number of nitriles is 1. The highest BCUT2D eigenvalue weighted by Gasteiger charge is 2.37. The van der Waals surface area contributed by atoms with Crippen LogP contribution in [-0.2, 0) is 21.3 Å². The molecule has 1 aliphatic rings. The summed E-state index contributed by atoms with van der Waals surface area (Å²) in [6.45, 7) is 0. The van der Waals surface area contributed by atoms with Crippen LogP contribution in [0.4, 0.5) is 0 Å². The average Bonchev–Trinajstić information content (AvgIpc) is 3.15. The van der Waals surface area contributed by atoms with Gasteiger partial charge < -0.3 is 15.2 Å². The van der Waals surface area contributed by atoms with E-state index in [4.69, 9.17) is 9.92 Å². The molecule has 2 aromatic carbocycles. The number of hydrogen-bond donors (Lipinski definition) is 2. The maximum atomic E-state index is 12.4. The van der Waals surface area contributed by atoms with E-state index < -0.39 is 21.7 Å². The van der Waals surface area contributed by atoms with Crippen LogP contribution in [0.15, 0.2) is 48.5 Å². The summed E-state index contributed by atoms with van der Waals surface area (Å²) < 4.78 is 27.2. The molecular weight excluding hydrogens is 402 g/mol. The minimum atomic E-state index is -3.56. The molecule has 2 aromatic rings. The Labute approximate surface area is 177 Å². The van der Waals surface area contributed by atoms with Gasteiger partial charge in [0.05, 0.1) is 17.9 Å². The van der Waals surface area contributed by atoms with E-state index in [1.807, 2.05) is 24.3 Å². The van der Waals surface area contributed by atoms with E-state index in [-0.39, 0.29) is 11.7 Å². The Morgan fingerprint density at radius 1 is 1.13 bits per heavy atom. The molecule has 0 aliphatic heterocycles. The van der Waals surface area contributed by atoms with Gasteiger partial charge in [0.15, 0.2) is 0 Å². The van der Waals surface area contributed by atoms with Crippen molar-refractivity contribution in [2.24, 2.45) is 5.73 Å². The highest BCUT2D eigenvalue weighted by atomic mass is 32.2. The lowest BCUT2D eigenvalue weighted by atomic mass is 9.96. The number of nitrogens with one attached hydrogen (secondary N) is 1. The van der Waals surface area contributed by atoms with Crippen molar-refractivity contribution in [3.63, 3.8) is 0 Å². The highest BCUT2D eigenvalue weighted by molar-refractivity contribution is 7.86. The quantitative estimate of drug-likeness (QED) is 0.655. The van der Waals surface area contributed by atoms with Crippen molar-refractivity contribution in [1.29, 1.82) is 5.26 Å². The first-order valence-corrected chi connectivity index (χ1v) is 11.6. The SMILES string of the molecule is CS(=O)(=O)Oc1ccc(-c2ccc(C[C@@H](C#N)NC(=O)C3(N)CCCC3)cc2)cc1. The number of nitrogens with two attached hydrogens (primary N) is 1. The summed E-state index contributed by atoms with van der Waals surface area (Å²) in [6.07, 6.45) is 4.56. The molecular formula is C22H25N3O4S. The summed E-state index contributed by atoms with van der Waals surface area (Å²) in [5.74, 6) is 0.00461. The predicted molar refractivity (Wildman–Crippen MR) is 114 cm³/mol. The summed E-state index contributed by atoms with van der Waals surface area (Å²) in [5.41, 5.74) is 8.07. The van der Waals surface area contributed by atoms with Crippen molar-refractivity contribution >= 4 is 16.0 Å². The Morgan fingerprint density at radius 3 is 2.17 bits per heavy atom. The first-order chi connectivity index (χ1) is 14.2. The van der Waals surface area contributed by atoms with Gasteiger partial charge in [0.25, 0.3) is 0 Å². The van der Waals surface area contributed by atoms with Gasteiger partial charge in [-0.25, -0.2) is 0 Å². The van der Waals surface area contributed by atoms with Gasteiger partial charge in [-0.2, -0.15) is 13.7 Å². The third kappa shape index (κ3) is 5.59. The van der Waals surface area contributed by atoms with Crippen LogP contribution in [0.25, 0.3) is 11.1 Å². The fourth-order valence-electron chi connectivity index (χ4n) is 3.61. The maximum Gasteiger partial charge on any atom is 0.306 e. The number of rotatable bonds is 7. The highest BCUT2D eigenvalue weighted by Crippen LogP contribution is 2.27. The van der Waals surface area contributed by atoms with Gasteiger partial charge in [-0.05, 0) is 41.7 Å². The second-order valence-corrected chi connectivity index (χ2v) is 9.31. The van der Waals surface area contributed by atoms with E-state index in [2.05, 4.69) is 11.4 Å². The third-order valence-corrected chi connectivity index (χ3v) is 5.73. The Kier molecular flexibility index (Phi) is 6.44. The van der Waals surface area contributed by atoms with Gasteiger partial charge >= 0.3 is 10.1 Å². The van der Waals surface area contributed by atoms with E-state index in [1.165, 1.54) is 0 Å². The van der Waals surface area contributed by atoms with Crippen molar-refractivity contribution in [2.75, 3.05) is 6.26 Å². The Morgan fingerprint density at radius 2 is 1.67 bits per heavy atom. The molecule has 1 fully saturated rings. The van der Waals surface area contributed by atoms with Crippen LogP contribution in [0.3, 0.4) is 0 Å². The van der Waals surface area contributed by atoms with Crippen LogP contribution in [0.2, 0.25) is 0 Å². The molecule has 1 aliphatic carbocycles. The third-order valence-electron chi connectivity index (χ3n) is 5.24. The molecule has 8 heteroatoms. The molecule has 158 valence electrons. The Hall–Kier alpha value is -2.89. The fourth-order valence-corrected chi connectivity index (χ4v) is 4.07. The molecule has 0 aromatic heterocycles. The molecule has 3 rings (SSSR count). The molecule has 1 atom stereocenters. The minimum absolute atomic E-state index is 0.250. The van der Waals surface area contributed by atoms with E-state index in [1.54, 1.807) is 24.3 Å². The van der Waals surface area contributed by atoms with E-state index in [9.17, 15) is 18.5 Å². The first kappa shape index (κ1) is 21.8. The molecule has 30 heavy (non-hydrogen) atoms. The summed E-state index contributed by atoms with van der Waals surface area (Å²) in [7, 11) is -3.56. The van der Waals surface area contributed by atoms with Crippen molar-refractivity contribution in [3.8, 4) is 22.9 Å². The number of amides is 1. The van der Waals surface area contributed by atoms with Crippen molar-refractivity contribution in [3.05, 3.63) is 54.1 Å². The topological polar surface area (TPSA) is 122 Å². The molecule has 0 bridgehead atoms. The van der Waals surface area contributed by atoms with Gasteiger partial charge in [0.2, 0.25) is 5.91 Å². The molecule has 0 radical (unpaired) electrons. The summed E-state index contributed by atoms with van der Waals surface area (Å²) in [6, 6.07) is 15.9. The number of carbonyl (C=O) groups excluding carboxylic acids is 1. The number of hydrogen-bond acceptors (Lipinski definition) is 6. The first-order valence-electron chi connectivity index (χ1n) is 9.77. The Balaban J connectivity index is 1.63. The molecule has 0 saturated heterocycles. The van der Waals surface area contributed by atoms with Crippen LogP contribution < -0.4 is 15.2 Å². The van der Waals surface area contributed by atoms with Crippen LogP contribution in [0.1, 0.15) is 31.2 Å². The van der Waals surface area contributed by atoms with Gasteiger partial charge in [-0.15, -0.1) is 0 Å². The fraction of sp³-hybridized carbons (Fsp3) is 0.364. The number of nitrogens with zero attached hydrogens (tertiary/aromatic N) is 1. The number of benzene rings is 2. The molecule has 0 heterocycles. The van der Waals surface area contributed by atoms with Gasteiger partial charge in [-0.3, -0.25) is 4.79 Å². The summed E-state index contributed by atoms with van der Waals surface area (Å²) in [4.78, 5) is 12.4. The van der Waals surface area contributed by atoms with Gasteiger partial charge in [-0.1, -0.05) is 49.2 Å². The lowest BCUT2D eigenvalue weighted by Crippen LogP contribution is -2.54. The van der Waals surface area contributed by atoms with Crippen LogP contribution in [0, 0.1) is 11.3 Å². The molecule has 3 N–H and O–H groups in total. The van der Waals surface area contributed by atoms with E-state index >= 15 is 0 Å². The van der Waals surface area contributed by atoms with Gasteiger partial charge in [0.1, 0.15) is 11.8 Å². The summed E-state index contributed by atoms with van der Waals surface area (Å²) in [5, 5.41) is 12.2. The smallest absolute Gasteiger partial charge is 0.306 e. The zero-order valence-corrected chi connectivity index (χ0v) is 17.6. The lowest BCUT2D eigenvalue weighted by molar-refractivity contribution is -0.126. The monoisotopic (exact) mass is 427 g/mol. The van der Waals surface area contributed by atoms with Crippen molar-refractivity contribution in [2.45, 2.75) is 43.7 Å². The molecule has 1 saturated carbocycles. The minimum Gasteiger partial charge on any atom is -0.383 e. The predicted octanol–water partition coefficient (Wildman–Crippen LogP) is 2.51. The normalized spacial score (nSPS) is 16.4. The molecule has 1 amide bonds. The second kappa shape index (κ2) is 8.86. The van der Waals surface area contributed by atoms with E-state index in [0.29, 0.717) is 19.3 Å². The maximum absolute atomic E-state index is 12.4. The van der Waals surface area contributed by atoms with Crippen LogP contribution in [-0.4, -0.2) is 32.2 Å². The lowest BCUT2D eigenvalue weighted by Gasteiger charge is -2.24. The standard InChI is InChI=1S/C22H25N3O4S/c1-30(27,28)29-20-10-8-18(9-11-20)17-6-4-16(5-7-17)14-19(15-23)25-21(26)22(24)12-2-3-13-22/h4-11,19H,2-3,12-14,24H2,1H3,(H,25,26)/t19-/m0/s1. The van der Waals surface area contributed by atoms with Crippen molar-refractivity contribution in [1.82, 2.24) is 5.32 Å². The van der Waals surface area contributed by atoms with Crippen LogP contribution >= 0.6 is 0 Å². The molecule has 7 nitrogen and oxygen atoms in total. The van der Waals surface area contributed by atoms with Crippen molar-refractivity contribution < 1.29 is 17.4 Å². The van der Waals surface area contributed by atoms with Gasteiger partial charge in [0, 0.05) is 6.42 Å². The summed E-state index contributed by atoms with van der Waals surface area (Å²) >= 11 is 0. The molecule has 0 spiro atoms. The Bertz CT molecular complexity index is 1040.